The zero-order valence-electron chi connectivity index (χ0n) is 12.8. The van der Waals surface area contributed by atoms with Crippen molar-refractivity contribution in [2.24, 2.45) is 0 Å². The van der Waals surface area contributed by atoms with Crippen molar-refractivity contribution in [1.82, 2.24) is 0 Å². The van der Waals surface area contributed by atoms with Gasteiger partial charge < -0.3 is 9.84 Å². The van der Waals surface area contributed by atoms with Crippen LogP contribution in [0.1, 0.15) is 33.5 Å². The maximum Gasteiger partial charge on any atom is 0.337 e. The Morgan fingerprint density at radius 2 is 1.65 bits per heavy atom. The van der Waals surface area contributed by atoms with Crippen LogP contribution in [0.15, 0.2) is 48.5 Å². The summed E-state index contributed by atoms with van der Waals surface area (Å²) in [6, 6.07) is 14.5. The van der Waals surface area contributed by atoms with Gasteiger partial charge in [0.1, 0.15) is 0 Å². The second-order valence-corrected chi connectivity index (χ2v) is 4.64. The molecule has 3 heteroatoms. The van der Waals surface area contributed by atoms with Gasteiger partial charge in [-0.25, -0.2) is 4.79 Å². The fourth-order valence-electron chi connectivity index (χ4n) is 1.86. The first-order valence-electron chi connectivity index (χ1n) is 7.13. The Morgan fingerprint density at radius 3 is 2.26 bits per heavy atom. The van der Waals surface area contributed by atoms with Crippen LogP contribution in [0.4, 0.5) is 0 Å². The molecule has 0 atom stereocenters. The van der Waals surface area contributed by atoms with Gasteiger partial charge in [-0.1, -0.05) is 35.8 Å². The maximum atomic E-state index is 11.4. The molecule has 2 aromatic carbocycles. The lowest BCUT2D eigenvalue weighted by Gasteiger charge is -1.98. The molecular formula is C20H16O3. The summed E-state index contributed by atoms with van der Waals surface area (Å²) in [5.74, 6) is 11.7. The summed E-state index contributed by atoms with van der Waals surface area (Å²) in [5, 5.41) is 8.78. The standard InChI is InChI=1S/C20H16O3/c1-23-20(22)19-13-10-16(11-14-19)9-12-18-7-3-2-6-17(18)8-4-5-15-21/h2-3,6-7,10-11,13-14,21H,5,15H2,1H3. The van der Waals surface area contributed by atoms with E-state index in [1.807, 2.05) is 24.3 Å². The quantitative estimate of drug-likeness (QED) is 0.685. The topological polar surface area (TPSA) is 46.5 Å². The average molecular weight is 304 g/mol. The fourth-order valence-corrected chi connectivity index (χ4v) is 1.86. The van der Waals surface area contributed by atoms with Crippen LogP contribution >= 0.6 is 0 Å². The molecule has 0 saturated heterocycles. The number of benzene rings is 2. The number of carbonyl (C=O) groups is 1. The molecule has 23 heavy (non-hydrogen) atoms. The Morgan fingerprint density at radius 1 is 1.00 bits per heavy atom. The van der Waals surface area contributed by atoms with Crippen LogP contribution in [0.2, 0.25) is 0 Å². The minimum absolute atomic E-state index is 0.0490. The molecule has 0 bridgehead atoms. The largest absolute Gasteiger partial charge is 0.465 e. The summed E-state index contributed by atoms with van der Waals surface area (Å²) in [5.41, 5.74) is 2.96. The highest BCUT2D eigenvalue weighted by Gasteiger charge is 2.03. The third-order valence-electron chi connectivity index (χ3n) is 3.03. The highest BCUT2D eigenvalue weighted by molar-refractivity contribution is 5.89. The van der Waals surface area contributed by atoms with Gasteiger partial charge in [-0.2, -0.15) is 0 Å². The lowest BCUT2D eigenvalue weighted by molar-refractivity contribution is 0.0600. The van der Waals surface area contributed by atoms with Gasteiger partial charge in [-0.3, -0.25) is 0 Å². The number of aliphatic hydroxyl groups is 1. The van der Waals surface area contributed by atoms with E-state index >= 15 is 0 Å². The molecule has 2 rings (SSSR count). The Kier molecular flexibility index (Phi) is 6.00. The molecule has 0 aromatic heterocycles. The van der Waals surface area contributed by atoms with E-state index in [1.54, 1.807) is 24.3 Å². The van der Waals surface area contributed by atoms with Crippen molar-refractivity contribution >= 4 is 5.97 Å². The third-order valence-corrected chi connectivity index (χ3v) is 3.03. The van der Waals surface area contributed by atoms with Gasteiger partial charge in [-0.15, -0.1) is 0 Å². The molecule has 0 heterocycles. The molecule has 0 unspecified atom stereocenters. The number of rotatable bonds is 2. The molecule has 0 amide bonds. The molecule has 0 aliphatic carbocycles. The normalized spacial score (nSPS) is 9.13. The molecule has 114 valence electrons. The highest BCUT2D eigenvalue weighted by Crippen LogP contribution is 2.08. The third kappa shape index (κ3) is 4.74. The van der Waals surface area contributed by atoms with E-state index in [2.05, 4.69) is 28.4 Å². The van der Waals surface area contributed by atoms with Crippen LogP contribution < -0.4 is 0 Å². The van der Waals surface area contributed by atoms with E-state index in [-0.39, 0.29) is 12.6 Å². The van der Waals surface area contributed by atoms with E-state index in [0.717, 1.165) is 16.7 Å². The Bertz CT molecular complexity index is 797. The minimum atomic E-state index is -0.367. The number of hydrogen-bond donors (Lipinski definition) is 1. The van der Waals surface area contributed by atoms with Crippen LogP contribution in [0.3, 0.4) is 0 Å². The maximum absolute atomic E-state index is 11.4. The zero-order chi connectivity index (χ0) is 16.5. The van der Waals surface area contributed by atoms with Crippen molar-refractivity contribution in [3.63, 3.8) is 0 Å². The van der Waals surface area contributed by atoms with Crippen molar-refractivity contribution in [3.8, 4) is 23.7 Å². The zero-order valence-corrected chi connectivity index (χ0v) is 12.8. The second kappa shape index (κ2) is 8.44. The number of methoxy groups -OCH3 is 1. The first-order valence-corrected chi connectivity index (χ1v) is 7.13. The molecular weight excluding hydrogens is 288 g/mol. The number of ether oxygens (including phenoxy) is 1. The Balaban J connectivity index is 2.22. The van der Waals surface area contributed by atoms with Gasteiger partial charge in [0.05, 0.1) is 19.3 Å². The summed E-state index contributed by atoms with van der Waals surface area (Å²) >= 11 is 0. The number of aliphatic hydroxyl groups excluding tert-OH is 1. The predicted molar refractivity (Wildman–Crippen MR) is 88.8 cm³/mol. The molecule has 1 N–H and O–H groups in total. The summed E-state index contributed by atoms with van der Waals surface area (Å²) in [7, 11) is 1.35. The van der Waals surface area contributed by atoms with Gasteiger partial charge in [0.15, 0.2) is 0 Å². The van der Waals surface area contributed by atoms with Crippen LogP contribution in [-0.4, -0.2) is 24.8 Å². The number of hydrogen-bond acceptors (Lipinski definition) is 3. The average Bonchev–Trinajstić information content (AvgIpc) is 2.61. The second-order valence-electron chi connectivity index (χ2n) is 4.64. The van der Waals surface area contributed by atoms with E-state index < -0.39 is 0 Å². The van der Waals surface area contributed by atoms with Gasteiger partial charge in [0, 0.05) is 23.1 Å². The molecule has 0 fully saturated rings. The smallest absolute Gasteiger partial charge is 0.337 e. The van der Waals surface area contributed by atoms with Crippen LogP contribution in [0, 0.1) is 23.7 Å². The summed E-state index contributed by atoms with van der Waals surface area (Å²) in [4.78, 5) is 11.4. The lowest BCUT2D eigenvalue weighted by atomic mass is 10.1. The molecule has 0 radical (unpaired) electrons. The molecule has 0 aliphatic heterocycles. The van der Waals surface area contributed by atoms with E-state index in [9.17, 15) is 4.79 Å². The summed E-state index contributed by atoms with van der Waals surface area (Å²) in [6.07, 6.45) is 0.441. The van der Waals surface area contributed by atoms with Gasteiger partial charge in [-0.05, 0) is 36.4 Å². The lowest BCUT2D eigenvalue weighted by Crippen LogP contribution is -2.00. The van der Waals surface area contributed by atoms with Crippen molar-refractivity contribution < 1.29 is 14.6 Å². The van der Waals surface area contributed by atoms with Crippen molar-refractivity contribution in [1.29, 1.82) is 0 Å². The van der Waals surface area contributed by atoms with Crippen molar-refractivity contribution in [2.75, 3.05) is 13.7 Å². The van der Waals surface area contributed by atoms with Crippen LogP contribution in [0.25, 0.3) is 0 Å². The van der Waals surface area contributed by atoms with Crippen molar-refractivity contribution in [3.05, 3.63) is 70.8 Å². The fraction of sp³-hybridized carbons (Fsp3) is 0.150. The summed E-state index contributed by atoms with van der Waals surface area (Å²) < 4.78 is 4.66. The van der Waals surface area contributed by atoms with Crippen LogP contribution in [0.5, 0.6) is 0 Å². The number of esters is 1. The Hall–Kier alpha value is -3.01. The van der Waals surface area contributed by atoms with Gasteiger partial charge in [0.25, 0.3) is 0 Å². The Labute approximate surface area is 135 Å². The van der Waals surface area contributed by atoms with E-state index in [4.69, 9.17) is 5.11 Å². The van der Waals surface area contributed by atoms with Gasteiger partial charge in [0.2, 0.25) is 0 Å². The monoisotopic (exact) mass is 304 g/mol. The van der Waals surface area contributed by atoms with Crippen LogP contribution in [-0.2, 0) is 4.74 Å². The highest BCUT2D eigenvalue weighted by atomic mass is 16.5. The molecule has 3 nitrogen and oxygen atoms in total. The molecule has 2 aromatic rings. The molecule has 0 aliphatic rings. The molecule has 0 spiro atoms. The summed E-state index contributed by atoms with van der Waals surface area (Å²) in [6.45, 7) is 0.0490. The van der Waals surface area contributed by atoms with E-state index in [0.29, 0.717) is 12.0 Å². The predicted octanol–water partition coefficient (Wildman–Crippen LogP) is 2.61. The first-order chi connectivity index (χ1) is 11.2. The SMILES string of the molecule is COC(=O)c1ccc(C#Cc2ccccc2C#CCCO)cc1. The van der Waals surface area contributed by atoms with E-state index in [1.165, 1.54) is 7.11 Å². The first kappa shape index (κ1) is 16.4. The minimum Gasteiger partial charge on any atom is -0.465 e. The van der Waals surface area contributed by atoms with Gasteiger partial charge >= 0.3 is 5.97 Å². The van der Waals surface area contributed by atoms with Crippen molar-refractivity contribution in [2.45, 2.75) is 6.42 Å². The number of carbonyl (C=O) groups excluding carboxylic acids is 1. The molecule has 0 saturated carbocycles.